The number of nitrogens with one attached hydrogen (secondary N) is 1. The van der Waals surface area contributed by atoms with Gasteiger partial charge < -0.3 is 14.9 Å². The van der Waals surface area contributed by atoms with Crippen molar-refractivity contribution in [3.8, 4) is 0 Å². The number of aliphatic carboxylic acids is 1. The van der Waals surface area contributed by atoms with E-state index in [9.17, 15) is 9.59 Å². The summed E-state index contributed by atoms with van der Waals surface area (Å²) in [5, 5.41) is 15.2. The van der Waals surface area contributed by atoms with Crippen LogP contribution in [0, 0.1) is 13.8 Å². The van der Waals surface area contributed by atoms with E-state index in [2.05, 4.69) is 10.5 Å². The molecule has 0 fully saturated rings. The first-order valence-electron chi connectivity index (χ1n) is 5.42. The Morgan fingerprint density at radius 2 is 2.17 bits per heavy atom. The molecule has 0 saturated heterocycles. The lowest BCUT2D eigenvalue weighted by Crippen LogP contribution is -2.41. The molecule has 2 N–H and O–H groups in total. The number of hydrogen-bond donors (Lipinski definition) is 2. The molecule has 100 valence electrons. The fourth-order valence-corrected chi connectivity index (χ4v) is 2.00. The Morgan fingerprint density at radius 3 is 2.61 bits per heavy atom. The zero-order valence-corrected chi connectivity index (χ0v) is 11.3. The summed E-state index contributed by atoms with van der Waals surface area (Å²) in [6.45, 7) is 3.26. The van der Waals surface area contributed by atoms with Crippen LogP contribution in [-0.2, 0) is 4.79 Å². The molecule has 0 saturated carbocycles. The van der Waals surface area contributed by atoms with Crippen molar-refractivity contribution in [1.29, 1.82) is 0 Å². The molecule has 0 aliphatic rings. The zero-order chi connectivity index (χ0) is 13.7. The number of aryl methyl sites for hydroxylation is 2. The van der Waals surface area contributed by atoms with Crippen LogP contribution in [0.4, 0.5) is 0 Å². The van der Waals surface area contributed by atoms with Gasteiger partial charge in [0.2, 0.25) is 0 Å². The van der Waals surface area contributed by atoms with E-state index in [1.807, 2.05) is 6.26 Å². The Hall–Kier alpha value is -1.50. The fraction of sp³-hybridized carbons (Fsp3) is 0.545. The van der Waals surface area contributed by atoms with Gasteiger partial charge in [0.25, 0.3) is 5.91 Å². The van der Waals surface area contributed by atoms with E-state index >= 15 is 0 Å². The second kappa shape index (κ2) is 6.44. The van der Waals surface area contributed by atoms with Crippen LogP contribution in [0.1, 0.15) is 28.2 Å². The molecule has 1 atom stereocenters. The Labute approximate surface area is 109 Å². The molecular weight excluding hydrogens is 256 g/mol. The summed E-state index contributed by atoms with van der Waals surface area (Å²) < 4.78 is 4.88. The molecule has 0 unspecified atom stereocenters. The number of carbonyl (C=O) groups excluding carboxylic acids is 1. The Morgan fingerprint density at radius 1 is 1.50 bits per heavy atom. The molecule has 0 bridgehead atoms. The van der Waals surface area contributed by atoms with Gasteiger partial charge in [-0.15, -0.1) is 0 Å². The maximum Gasteiger partial charge on any atom is 0.326 e. The van der Waals surface area contributed by atoms with E-state index in [1.54, 1.807) is 13.8 Å². The van der Waals surface area contributed by atoms with Crippen molar-refractivity contribution in [1.82, 2.24) is 10.5 Å². The van der Waals surface area contributed by atoms with Crippen molar-refractivity contribution in [2.24, 2.45) is 0 Å². The zero-order valence-electron chi connectivity index (χ0n) is 10.5. The van der Waals surface area contributed by atoms with Crippen molar-refractivity contribution >= 4 is 23.6 Å². The number of carboxylic acids is 1. The average Bonchev–Trinajstić information content (AvgIpc) is 2.63. The first-order chi connectivity index (χ1) is 8.47. The van der Waals surface area contributed by atoms with Gasteiger partial charge in [-0.2, -0.15) is 11.8 Å². The van der Waals surface area contributed by atoms with Crippen LogP contribution in [0.5, 0.6) is 0 Å². The maximum absolute atomic E-state index is 11.9. The molecule has 0 radical (unpaired) electrons. The van der Waals surface area contributed by atoms with Gasteiger partial charge in [-0.25, -0.2) is 4.79 Å². The Bertz CT molecular complexity index is 425. The van der Waals surface area contributed by atoms with Crippen molar-refractivity contribution < 1.29 is 19.2 Å². The smallest absolute Gasteiger partial charge is 0.326 e. The monoisotopic (exact) mass is 272 g/mol. The normalized spacial score (nSPS) is 12.2. The molecule has 7 heteroatoms. The third-order valence-corrected chi connectivity index (χ3v) is 3.12. The molecule has 0 spiro atoms. The number of amides is 1. The van der Waals surface area contributed by atoms with Crippen LogP contribution in [0.15, 0.2) is 4.52 Å². The molecule has 1 rings (SSSR count). The first kappa shape index (κ1) is 14.6. The largest absolute Gasteiger partial charge is 0.480 e. The van der Waals surface area contributed by atoms with E-state index in [0.717, 1.165) is 0 Å². The van der Waals surface area contributed by atoms with Gasteiger partial charge in [-0.3, -0.25) is 4.79 Å². The standard InChI is InChI=1S/C11H16N2O4S/c1-6-9(7(2)17-13-6)10(14)12-8(11(15)16)4-5-18-3/h8H,4-5H2,1-3H3,(H,12,14)(H,15,16)/t8-/m0/s1. The number of aromatic nitrogens is 1. The Balaban J connectivity index is 2.75. The minimum atomic E-state index is -1.04. The third-order valence-electron chi connectivity index (χ3n) is 2.47. The van der Waals surface area contributed by atoms with Crippen LogP contribution in [-0.4, -0.2) is 40.2 Å². The van der Waals surface area contributed by atoms with E-state index < -0.39 is 17.9 Å². The lowest BCUT2D eigenvalue weighted by molar-refractivity contribution is -0.139. The van der Waals surface area contributed by atoms with Crippen molar-refractivity contribution in [3.63, 3.8) is 0 Å². The summed E-state index contributed by atoms with van der Waals surface area (Å²) >= 11 is 1.53. The molecule has 1 heterocycles. The number of nitrogens with zero attached hydrogens (tertiary/aromatic N) is 1. The summed E-state index contributed by atoms with van der Waals surface area (Å²) in [6.07, 6.45) is 2.26. The van der Waals surface area contributed by atoms with E-state index in [1.165, 1.54) is 11.8 Å². The van der Waals surface area contributed by atoms with Gasteiger partial charge in [-0.05, 0) is 32.3 Å². The van der Waals surface area contributed by atoms with Gasteiger partial charge >= 0.3 is 5.97 Å². The fourth-order valence-electron chi connectivity index (χ4n) is 1.53. The Kier molecular flexibility index (Phi) is 5.21. The quantitative estimate of drug-likeness (QED) is 0.809. The summed E-state index contributed by atoms with van der Waals surface area (Å²) in [7, 11) is 0. The third kappa shape index (κ3) is 3.49. The number of carbonyl (C=O) groups is 2. The highest BCUT2D eigenvalue weighted by Gasteiger charge is 2.24. The van der Waals surface area contributed by atoms with Crippen molar-refractivity contribution in [3.05, 3.63) is 17.0 Å². The van der Waals surface area contributed by atoms with Crippen LogP contribution in [0.2, 0.25) is 0 Å². The predicted molar refractivity (Wildman–Crippen MR) is 67.9 cm³/mol. The van der Waals surface area contributed by atoms with Gasteiger partial charge in [-0.1, -0.05) is 5.16 Å². The summed E-state index contributed by atoms with van der Waals surface area (Å²) in [4.78, 5) is 23.0. The highest BCUT2D eigenvalue weighted by Crippen LogP contribution is 2.12. The molecule has 1 amide bonds. The topological polar surface area (TPSA) is 92.4 Å². The van der Waals surface area contributed by atoms with Gasteiger partial charge in [0.1, 0.15) is 17.4 Å². The molecule has 0 aliphatic carbocycles. The predicted octanol–water partition coefficient (Wildman–Crippen LogP) is 1.23. The SMILES string of the molecule is CSCC[C@H](NC(=O)c1c(C)noc1C)C(=O)O. The van der Waals surface area contributed by atoms with Crippen LogP contribution in [0.25, 0.3) is 0 Å². The number of thioether (sulfide) groups is 1. The minimum Gasteiger partial charge on any atom is -0.480 e. The molecular formula is C11H16N2O4S. The van der Waals surface area contributed by atoms with Crippen LogP contribution < -0.4 is 5.32 Å². The van der Waals surface area contributed by atoms with E-state index in [0.29, 0.717) is 29.2 Å². The lowest BCUT2D eigenvalue weighted by Gasteiger charge is -2.13. The second-order valence-electron chi connectivity index (χ2n) is 3.84. The molecule has 1 aromatic rings. The number of rotatable bonds is 6. The summed E-state index contributed by atoms with van der Waals surface area (Å²) in [5.74, 6) is -0.443. The van der Waals surface area contributed by atoms with Crippen molar-refractivity contribution in [2.45, 2.75) is 26.3 Å². The lowest BCUT2D eigenvalue weighted by atomic mass is 10.1. The van der Waals surface area contributed by atoms with Gasteiger partial charge in [0.05, 0.1) is 5.69 Å². The summed E-state index contributed by atoms with van der Waals surface area (Å²) in [6, 6.07) is -0.890. The summed E-state index contributed by atoms with van der Waals surface area (Å²) in [5.41, 5.74) is 0.768. The molecule has 0 aromatic carbocycles. The van der Waals surface area contributed by atoms with E-state index in [-0.39, 0.29) is 0 Å². The van der Waals surface area contributed by atoms with E-state index in [4.69, 9.17) is 9.63 Å². The molecule has 0 aliphatic heterocycles. The highest BCUT2D eigenvalue weighted by molar-refractivity contribution is 7.98. The van der Waals surface area contributed by atoms with Gasteiger partial charge in [0, 0.05) is 0 Å². The van der Waals surface area contributed by atoms with Crippen LogP contribution >= 0.6 is 11.8 Å². The highest BCUT2D eigenvalue weighted by atomic mass is 32.2. The van der Waals surface area contributed by atoms with Crippen LogP contribution in [0.3, 0.4) is 0 Å². The number of hydrogen-bond acceptors (Lipinski definition) is 5. The molecule has 18 heavy (non-hydrogen) atoms. The second-order valence-corrected chi connectivity index (χ2v) is 4.83. The maximum atomic E-state index is 11.9. The van der Waals surface area contributed by atoms with Crippen molar-refractivity contribution in [2.75, 3.05) is 12.0 Å². The molecule has 6 nitrogen and oxygen atoms in total. The average molecular weight is 272 g/mol. The van der Waals surface area contributed by atoms with Gasteiger partial charge in [0.15, 0.2) is 0 Å². The molecule has 1 aromatic heterocycles. The number of carboxylic acid groups (broad SMARTS) is 1. The first-order valence-corrected chi connectivity index (χ1v) is 6.82. The minimum absolute atomic E-state index is 0.311.